The Bertz CT molecular complexity index is 193. The number of fused-ring (bicyclic) bond motifs is 1. The van der Waals surface area contributed by atoms with E-state index in [9.17, 15) is 4.79 Å². The van der Waals surface area contributed by atoms with Crippen molar-refractivity contribution in [3.8, 4) is 0 Å². The van der Waals surface area contributed by atoms with Crippen molar-refractivity contribution in [3.63, 3.8) is 0 Å². The maximum Gasteiger partial charge on any atom is 0.217 e. The third kappa shape index (κ3) is 1.33. The third-order valence-electron chi connectivity index (χ3n) is 3.15. The molecule has 1 aliphatic heterocycles. The Morgan fingerprint density at radius 3 is 3.00 bits per heavy atom. The zero-order chi connectivity index (χ0) is 8.55. The summed E-state index contributed by atoms with van der Waals surface area (Å²) in [4.78, 5) is 10.9. The lowest BCUT2D eigenvalue weighted by Crippen LogP contribution is -2.37. The molecule has 1 saturated carbocycles. The number of carbonyl (C=O) groups excluding carboxylic acids is 1. The number of nitrogens with one attached hydrogen (secondary N) is 2. The fourth-order valence-electron chi connectivity index (χ4n) is 2.59. The van der Waals surface area contributed by atoms with E-state index in [0.717, 1.165) is 19.0 Å². The van der Waals surface area contributed by atoms with Gasteiger partial charge in [-0.1, -0.05) is 0 Å². The summed E-state index contributed by atoms with van der Waals surface area (Å²) in [5, 5.41) is 6.41. The molecule has 68 valence electrons. The Labute approximate surface area is 72.9 Å². The molecule has 12 heavy (non-hydrogen) atoms. The largest absolute Gasteiger partial charge is 0.353 e. The van der Waals surface area contributed by atoms with Crippen LogP contribution in [0.4, 0.5) is 0 Å². The van der Waals surface area contributed by atoms with Crippen LogP contribution in [0.3, 0.4) is 0 Å². The van der Waals surface area contributed by atoms with Crippen molar-refractivity contribution in [1.82, 2.24) is 10.6 Å². The first kappa shape index (κ1) is 8.05. The molecule has 2 N–H and O–H groups in total. The summed E-state index contributed by atoms with van der Waals surface area (Å²) in [6.45, 7) is 3.85. The van der Waals surface area contributed by atoms with Gasteiger partial charge in [-0.25, -0.2) is 0 Å². The van der Waals surface area contributed by atoms with Gasteiger partial charge < -0.3 is 10.6 Å². The van der Waals surface area contributed by atoms with Gasteiger partial charge in [0.15, 0.2) is 0 Å². The lowest BCUT2D eigenvalue weighted by atomic mass is 9.98. The predicted octanol–water partition coefficient (Wildman–Crippen LogP) is 0.121. The second kappa shape index (κ2) is 3.05. The van der Waals surface area contributed by atoms with E-state index in [1.807, 2.05) is 0 Å². The second-order valence-electron chi connectivity index (χ2n) is 3.97. The molecule has 2 aliphatic rings. The summed E-state index contributed by atoms with van der Waals surface area (Å²) in [7, 11) is 0. The molecule has 3 nitrogen and oxygen atoms in total. The van der Waals surface area contributed by atoms with Crippen LogP contribution in [0.2, 0.25) is 0 Å². The zero-order valence-corrected chi connectivity index (χ0v) is 7.47. The molecule has 1 saturated heterocycles. The van der Waals surface area contributed by atoms with Gasteiger partial charge in [0.05, 0.1) is 0 Å². The first-order valence-corrected chi connectivity index (χ1v) is 4.75. The highest BCUT2D eigenvalue weighted by Crippen LogP contribution is 2.34. The van der Waals surface area contributed by atoms with E-state index in [-0.39, 0.29) is 5.91 Å². The molecule has 0 bridgehead atoms. The molecule has 3 heteroatoms. The third-order valence-corrected chi connectivity index (χ3v) is 3.15. The highest BCUT2D eigenvalue weighted by Gasteiger charge is 2.39. The molecular weight excluding hydrogens is 152 g/mol. The molecule has 3 atom stereocenters. The van der Waals surface area contributed by atoms with Crippen LogP contribution in [-0.2, 0) is 4.79 Å². The Morgan fingerprint density at radius 1 is 1.42 bits per heavy atom. The molecule has 1 aliphatic carbocycles. The predicted molar refractivity (Wildman–Crippen MR) is 46.7 cm³/mol. The topological polar surface area (TPSA) is 41.1 Å². The van der Waals surface area contributed by atoms with Gasteiger partial charge >= 0.3 is 0 Å². The minimum absolute atomic E-state index is 0.118. The molecule has 1 heterocycles. The van der Waals surface area contributed by atoms with Gasteiger partial charge in [0.25, 0.3) is 0 Å². The minimum atomic E-state index is 0.118. The molecule has 0 aromatic rings. The van der Waals surface area contributed by atoms with Crippen LogP contribution in [0.1, 0.15) is 19.8 Å². The SMILES string of the molecule is CC(=O)N[C@H]1CC[C@H]2CNC[C@H]21. The van der Waals surface area contributed by atoms with Crippen molar-refractivity contribution in [1.29, 1.82) is 0 Å². The summed E-state index contributed by atoms with van der Waals surface area (Å²) in [6.07, 6.45) is 2.46. The molecule has 2 fully saturated rings. The first-order valence-electron chi connectivity index (χ1n) is 4.75. The fourth-order valence-corrected chi connectivity index (χ4v) is 2.59. The molecule has 0 unspecified atom stereocenters. The van der Waals surface area contributed by atoms with Crippen LogP contribution in [0, 0.1) is 11.8 Å². The Balaban J connectivity index is 1.95. The van der Waals surface area contributed by atoms with Gasteiger partial charge in [-0.15, -0.1) is 0 Å². The summed E-state index contributed by atoms with van der Waals surface area (Å²) in [6, 6.07) is 0.447. The molecule has 1 amide bonds. The number of amides is 1. The first-order chi connectivity index (χ1) is 5.77. The minimum Gasteiger partial charge on any atom is -0.353 e. The summed E-state index contributed by atoms with van der Waals surface area (Å²) >= 11 is 0. The fraction of sp³-hybridized carbons (Fsp3) is 0.889. The molecule has 0 aromatic carbocycles. The van der Waals surface area contributed by atoms with Gasteiger partial charge in [-0.2, -0.15) is 0 Å². The van der Waals surface area contributed by atoms with Gasteiger partial charge in [0.1, 0.15) is 0 Å². The van der Waals surface area contributed by atoms with E-state index in [2.05, 4.69) is 10.6 Å². The van der Waals surface area contributed by atoms with Crippen LogP contribution in [0.15, 0.2) is 0 Å². The number of hydrogen-bond acceptors (Lipinski definition) is 2. The van der Waals surface area contributed by atoms with Crippen LogP contribution in [-0.4, -0.2) is 25.0 Å². The van der Waals surface area contributed by atoms with Crippen molar-refractivity contribution >= 4 is 5.91 Å². The van der Waals surface area contributed by atoms with Crippen LogP contribution in [0.5, 0.6) is 0 Å². The van der Waals surface area contributed by atoms with Gasteiger partial charge in [0.2, 0.25) is 5.91 Å². The molecule has 2 rings (SSSR count). The average molecular weight is 168 g/mol. The Hall–Kier alpha value is -0.570. The van der Waals surface area contributed by atoms with E-state index in [1.165, 1.54) is 12.8 Å². The maximum absolute atomic E-state index is 10.9. The molecule has 0 aromatic heterocycles. The Morgan fingerprint density at radius 2 is 2.25 bits per heavy atom. The van der Waals surface area contributed by atoms with Gasteiger partial charge in [-0.3, -0.25) is 4.79 Å². The van der Waals surface area contributed by atoms with Crippen LogP contribution in [0.25, 0.3) is 0 Å². The number of rotatable bonds is 1. The van der Waals surface area contributed by atoms with Gasteiger partial charge in [0, 0.05) is 19.5 Å². The smallest absolute Gasteiger partial charge is 0.217 e. The van der Waals surface area contributed by atoms with E-state index in [0.29, 0.717) is 12.0 Å². The van der Waals surface area contributed by atoms with E-state index in [1.54, 1.807) is 6.92 Å². The Kier molecular flexibility index (Phi) is 2.05. The monoisotopic (exact) mass is 168 g/mol. The molecule has 0 spiro atoms. The van der Waals surface area contributed by atoms with Crippen molar-refractivity contribution in [3.05, 3.63) is 0 Å². The van der Waals surface area contributed by atoms with Crippen molar-refractivity contribution < 1.29 is 4.79 Å². The lowest BCUT2D eigenvalue weighted by molar-refractivity contribution is -0.119. The normalized spacial score (nSPS) is 39.6. The van der Waals surface area contributed by atoms with Crippen LogP contribution >= 0.6 is 0 Å². The zero-order valence-electron chi connectivity index (χ0n) is 7.47. The van der Waals surface area contributed by atoms with Crippen molar-refractivity contribution in [2.24, 2.45) is 11.8 Å². The molecule has 0 radical (unpaired) electrons. The summed E-state index contributed by atoms with van der Waals surface area (Å²) in [5.74, 6) is 1.64. The quantitative estimate of drug-likeness (QED) is 0.584. The van der Waals surface area contributed by atoms with Crippen LogP contribution < -0.4 is 10.6 Å². The summed E-state index contributed by atoms with van der Waals surface area (Å²) in [5.41, 5.74) is 0. The highest BCUT2D eigenvalue weighted by atomic mass is 16.1. The maximum atomic E-state index is 10.9. The second-order valence-corrected chi connectivity index (χ2v) is 3.97. The van der Waals surface area contributed by atoms with Crippen molar-refractivity contribution in [2.75, 3.05) is 13.1 Å². The lowest BCUT2D eigenvalue weighted by Gasteiger charge is -2.18. The highest BCUT2D eigenvalue weighted by molar-refractivity contribution is 5.73. The number of carbonyl (C=O) groups is 1. The molecular formula is C9H16N2O. The van der Waals surface area contributed by atoms with Gasteiger partial charge in [-0.05, 0) is 31.2 Å². The van der Waals surface area contributed by atoms with E-state index >= 15 is 0 Å². The average Bonchev–Trinajstić information content (AvgIpc) is 2.52. The summed E-state index contributed by atoms with van der Waals surface area (Å²) < 4.78 is 0. The van der Waals surface area contributed by atoms with E-state index < -0.39 is 0 Å². The van der Waals surface area contributed by atoms with Crippen molar-refractivity contribution in [2.45, 2.75) is 25.8 Å². The standard InChI is InChI=1S/C9H16N2O/c1-6(12)11-9-3-2-7-4-10-5-8(7)9/h7-10H,2-5H2,1H3,(H,11,12)/t7-,8+,9-/m0/s1. The number of hydrogen-bond donors (Lipinski definition) is 2. The van der Waals surface area contributed by atoms with E-state index in [4.69, 9.17) is 0 Å².